The van der Waals surface area contributed by atoms with E-state index in [1.165, 1.54) is 12.1 Å². The van der Waals surface area contributed by atoms with Gasteiger partial charge in [-0.3, -0.25) is 14.5 Å². The van der Waals surface area contributed by atoms with Gasteiger partial charge >= 0.3 is 5.63 Å². The van der Waals surface area contributed by atoms with Crippen LogP contribution in [-0.2, 0) is 0 Å². The Labute approximate surface area is 158 Å². The van der Waals surface area contributed by atoms with Gasteiger partial charge in [-0.1, -0.05) is 18.2 Å². The largest absolute Gasteiger partial charge is 0.507 e. The third-order valence-electron chi connectivity index (χ3n) is 4.50. The van der Waals surface area contributed by atoms with E-state index in [4.69, 9.17) is 4.42 Å². The minimum atomic E-state index is -0.717. The van der Waals surface area contributed by atoms with Crippen molar-refractivity contribution in [3.63, 3.8) is 0 Å². The molecule has 4 rings (SSSR count). The predicted molar refractivity (Wildman–Crippen MR) is 102 cm³/mol. The van der Waals surface area contributed by atoms with Crippen molar-refractivity contribution >= 4 is 11.3 Å². The van der Waals surface area contributed by atoms with Crippen LogP contribution in [0.4, 0.5) is 5.69 Å². The Morgan fingerprint density at radius 3 is 2.68 bits per heavy atom. The second kappa shape index (κ2) is 6.34. The summed E-state index contributed by atoms with van der Waals surface area (Å²) in [6.45, 7) is 3.20. The van der Waals surface area contributed by atoms with Gasteiger partial charge in [0.05, 0.1) is 16.3 Å². The highest BCUT2D eigenvalue weighted by Crippen LogP contribution is 2.37. The summed E-state index contributed by atoms with van der Waals surface area (Å²) in [5, 5.41) is 21.8. The maximum Gasteiger partial charge on any atom is 0.349 e. The number of hydrogen-bond donors (Lipinski definition) is 1. The number of imidazole rings is 1. The maximum atomic E-state index is 12.5. The molecule has 28 heavy (non-hydrogen) atoms. The van der Waals surface area contributed by atoms with Crippen LogP contribution in [0.3, 0.4) is 0 Å². The summed E-state index contributed by atoms with van der Waals surface area (Å²) in [5.74, 6) is 0.0230. The first kappa shape index (κ1) is 17.5. The topological polar surface area (TPSA) is 111 Å². The van der Waals surface area contributed by atoms with Crippen molar-refractivity contribution in [2.75, 3.05) is 0 Å². The van der Waals surface area contributed by atoms with Gasteiger partial charge in [-0.25, -0.2) is 9.78 Å². The third kappa shape index (κ3) is 2.71. The molecule has 0 aliphatic rings. The number of nitro groups is 1. The molecule has 0 radical (unpaired) electrons. The zero-order chi connectivity index (χ0) is 20.0. The molecule has 0 spiro atoms. The quantitative estimate of drug-likeness (QED) is 0.429. The SMILES string of the molecule is Cc1cc(O)c(-c2c(-c3ccc(C)c([N+](=O)[O-])c3)nc3ccccn23)c(=O)o1. The van der Waals surface area contributed by atoms with Crippen LogP contribution in [0.1, 0.15) is 11.3 Å². The van der Waals surface area contributed by atoms with Crippen molar-refractivity contribution in [1.29, 1.82) is 0 Å². The molecular formula is C20H15N3O5. The normalized spacial score (nSPS) is 11.1. The van der Waals surface area contributed by atoms with E-state index < -0.39 is 10.5 Å². The number of rotatable bonds is 3. The summed E-state index contributed by atoms with van der Waals surface area (Å²) in [6.07, 6.45) is 1.70. The van der Waals surface area contributed by atoms with E-state index in [2.05, 4.69) is 4.98 Å². The fraction of sp³-hybridized carbons (Fsp3) is 0.100. The molecule has 4 aromatic rings. The molecule has 0 saturated carbocycles. The number of nitro benzene ring substituents is 1. The lowest BCUT2D eigenvalue weighted by atomic mass is 10.0. The lowest BCUT2D eigenvalue weighted by Crippen LogP contribution is -2.06. The molecule has 0 unspecified atom stereocenters. The highest BCUT2D eigenvalue weighted by Gasteiger charge is 2.24. The number of aromatic nitrogens is 2. The second-order valence-corrected chi connectivity index (χ2v) is 6.40. The second-order valence-electron chi connectivity index (χ2n) is 6.40. The van der Waals surface area contributed by atoms with Gasteiger partial charge < -0.3 is 9.52 Å². The molecule has 140 valence electrons. The van der Waals surface area contributed by atoms with E-state index in [1.807, 2.05) is 0 Å². The Morgan fingerprint density at radius 1 is 1.18 bits per heavy atom. The molecule has 1 aromatic carbocycles. The van der Waals surface area contributed by atoms with Crippen molar-refractivity contribution in [2.24, 2.45) is 0 Å². The Balaban J connectivity index is 2.10. The van der Waals surface area contributed by atoms with E-state index in [-0.39, 0.29) is 22.8 Å². The molecular weight excluding hydrogens is 362 g/mol. The van der Waals surface area contributed by atoms with Crippen LogP contribution in [0.15, 0.2) is 57.9 Å². The number of nitrogens with zero attached hydrogens (tertiary/aromatic N) is 3. The predicted octanol–water partition coefficient (Wildman–Crippen LogP) is 3.85. The highest BCUT2D eigenvalue weighted by atomic mass is 16.6. The first-order chi connectivity index (χ1) is 13.4. The van der Waals surface area contributed by atoms with Gasteiger partial charge in [-0.15, -0.1) is 0 Å². The molecule has 0 bridgehead atoms. The Kier molecular flexibility index (Phi) is 3.96. The summed E-state index contributed by atoms with van der Waals surface area (Å²) < 4.78 is 6.81. The molecule has 3 aromatic heterocycles. The van der Waals surface area contributed by atoms with E-state index in [0.29, 0.717) is 28.2 Å². The molecule has 8 nitrogen and oxygen atoms in total. The molecule has 0 saturated heterocycles. The molecule has 8 heteroatoms. The van der Waals surface area contributed by atoms with Crippen LogP contribution in [0, 0.1) is 24.0 Å². The number of pyridine rings is 1. The molecule has 0 fully saturated rings. The minimum absolute atomic E-state index is 0.0532. The third-order valence-corrected chi connectivity index (χ3v) is 4.50. The first-order valence-corrected chi connectivity index (χ1v) is 8.43. The maximum absolute atomic E-state index is 12.5. The molecule has 3 heterocycles. The smallest absolute Gasteiger partial charge is 0.349 e. The Hall–Kier alpha value is -3.94. The molecule has 0 aliphatic heterocycles. The Morgan fingerprint density at radius 2 is 1.96 bits per heavy atom. The number of hydrogen-bond acceptors (Lipinski definition) is 6. The van der Waals surface area contributed by atoms with Gasteiger partial charge in [-0.05, 0) is 26.0 Å². The zero-order valence-corrected chi connectivity index (χ0v) is 15.0. The Bertz CT molecular complexity index is 1300. The average molecular weight is 377 g/mol. The van der Waals surface area contributed by atoms with Gasteiger partial charge in [0.2, 0.25) is 0 Å². The van der Waals surface area contributed by atoms with Crippen LogP contribution in [-0.4, -0.2) is 19.4 Å². The summed E-state index contributed by atoms with van der Waals surface area (Å²) in [5.41, 5.74) is 1.30. The van der Waals surface area contributed by atoms with Crippen molar-refractivity contribution in [2.45, 2.75) is 13.8 Å². The van der Waals surface area contributed by atoms with Gasteiger partial charge in [0.25, 0.3) is 5.69 Å². The summed E-state index contributed by atoms with van der Waals surface area (Å²) in [7, 11) is 0. The molecule has 1 N–H and O–H groups in total. The fourth-order valence-electron chi connectivity index (χ4n) is 3.20. The highest BCUT2D eigenvalue weighted by molar-refractivity contribution is 5.84. The van der Waals surface area contributed by atoms with Gasteiger partial charge in [0.1, 0.15) is 22.7 Å². The number of benzene rings is 1. The van der Waals surface area contributed by atoms with Crippen LogP contribution >= 0.6 is 0 Å². The summed E-state index contributed by atoms with van der Waals surface area (Å²) in [4.78, 5) is 28.0. The van der Waals surface area contributed by atoms with Crippen molar-refractivity contribution in [3.8, 4) is 28.3 Å². The van der Waals surface area contributed by atoms with Crippen molar-refractivity contribution in [3.05, 3.63) is 80.5 Å². The van der Waals surface area contributed by atoms with Crippen LogP contribution < -0.4 is 5.63 Å². The summed E-state index contributed by atoms with van der Waals surface area (Å²) in [6, 6.07) is 11.4. The minimum Gasteiger partial charge on any atom is -0.507 e. The van der Waals surface area contributed by atoms with Crippen LogP contribution in [0.2, 0.25) is 0 Å². The average Bonchev–Trinajstić information content (AvgIpc) is 3.00. The summed E-state index contributed by atoms with van der Waals surface area (Å²) >= 11 is 0. The van der Waals surface area contributed by atoms with E-state index in [9.17, 15) is 20.0 Å². The van der Waals surface area contributed by atoms with E-state index in [1.54, 1.807) is 54.8 Å². The first-order valence-electron chi connectivity index (χ1n) is 8.43. The molecule has 0 atom stereocenters. The van der Waals surface area contributed by atoms with Gasteiger partial charge in [0, 0.05) is 29.5 Å². The number of aromatic hydroxyl groups is 1. The number of fused-ring (bicyclic) bond motifs is 1. The monoisotopic (exact) mass is 377 g/mol. The lowest BCUT2D eigenvalue weighted by molar-refractivity contribution is -0.385. The van der Waals surface area contributed by atoms with E-state index in [0.717, 1.165) is 0 Å². The zero-order valence-electron chi connectivity index (χ0n) is 15.0. The molecule has 0 aliphatic carbocycles. The number of aryl methyl sites for hydroxylation is 2. The van der Waals surface area contributed by atoms with Crippen molar-refractivity contribution < 1.29 is 14.4 Å². The van der Waals surface area contributed by atoms with E-state index >= 15 is 0 Å². The lowest BCUT2D eigenvalue weighted by Gasteiger charge is -2.07. The molecule has 0 amide bonds. The standard InChI is InChI=1S/C20H15N3O5/c1-11-6-7-13(10-14(11)23(26)27)18-19(22-8-4-3-5-16(22)21-18)17-15(24)9-12(2)28-20(17)25/h3-10,24H,1-2H3. The van der Waals surface area contributed by atoms with Gasteiger partial charge in [0.15, 0.2) is 0 Å². The van der Waals surface area contributed by atoms with Crippen molar-refractivity contribution in [1.82, 2.24) is 9.38 Å². The fourth-order valence-corrected chi connectivity index (χ4v) is 3.20. The van der Waals surface area contributed by atoms with Crippen LogP contribution in [0.5, 0.6) is 5.75 Å². The van der Waals surface area contributed by atoms with Gasteiger partial charge in [-0.2, -0.15) is 0 Å². The van der Waals surface area contributed by atoms with Crippen LogP contribution in [0.25, 0.3) is 28.2 Å².